The van der Waals surface area contributed by atoms with Crippen LogP contribution in [0.1, 0.15) is 24.5 Å². The molecule has 2 aromatic heterocycles. The molecule has 1 aliphatic carbocycles. The Hall–Kier alpha value is -1.51. The second-order valence-electron chi connectivity index (χ2n) is 4.35. The van der Waals surface area contributed by atoms with E-state index < -0.39 is 0 Å². The fourth-order valence-electron chi connectivity index (χ4n) is 1.78. The molecule has 0 bridgehead atoms. The molecule has 0 aromatic carbocycles. The molecule has 0 unspecified atom stereocenters. The third kappa shape index (κ3) is 2.46. The molecule has 1 N–H and O–H groups in total. The van der Waals surface area contributed by atoms with E-state index in [1.165, 1.54) is 7.11 Å². The Morgan fingerprint density at radius 2 is 2.16 bits per heavy atom. The molecule has 2 heterocycles. The molecule has 1 aliphatic rings. The number of halogens is 1. The highest BCUT2D eigenvalue weighted by Crippen LogP contribution is 2.40. The first-order valence-corrected chi connectivity index (χ1v) is 6.94. The Balaban J connectivity index is 2.06. The van der Waals surface area contributed by atoms with Crippen LogP contribution in [0.3, 0.4) is 0 Å². The Kier molecular flexibility index (Phi) is 3.21. The maximum atomic E-state index is 11.9. The number of hydrogen-bond acceptors (Lipinski definition) is 5. The standard InChI is InChI=1S/C12H11IN4O2/c1-19-8-5-4-7(16-17-8)11-14-10(6-2-3-6)9(13)12(18)15-11/h4-6H,2-3H2,1H3,(H,14,15,18). The maximum Gasteiger partial charge on any atom is 0.264 e. The van der Waals surface area contributed by atoms with E-state index in [4.69, 9.17) is 4.74 Å². The summed E-state index contributed by atoms with van der Waals surface area (Å²) in [4.78, 5) is 19.2. The molecule has 0 atom stereocenters. The summed E-state index contributed by atoms with van der Waals surface area (Å²) < 4.78 is 5.62. The molecule has 0 spiro atoms. The number of rotatable bonds is 3. The molecular formula is C12H11IN4O2. The summed E-state index contributed by atoms with van der Waals surface area (Å²) in [5.41, 5.74) is 1.29. The lowest BCUT2D eigenvalue weighted by atomic mass is 10.2. The smallest absolute Gasteiger partial charge is 0.264 e. The van der Waals surface area contributed by atoms with Gasteiger partial charge < -0.3 is 9.72 Å². The van der Waals surface area contributed by atoms with E-state index in [1.807, 2.05) is 22.6 Å². The monoisotopic (exact) mass is 370 g/mol. The van der Waals surface area contributed by atoms with Gasteiger partial charge in [-0.1, -0.05) is 0 Å². The Morgan fingerprint density at radius 3 is 2.74 bits per heavy atom. The van der Waals surface area contributed by atoms with E-state index in [9.17, 15) is 4.79 Å². The van der Waals surface area contributed by atoms with Gasteiger partial charge in [-0.25, -0.2) is 4.98 Å². The van der Waals surface area contributed by atoms with Gasteiger partial charge in [0.2, 0.25) is 5.88 Å². The number of nitrogens with one attached hydrogen (secondary N) is 1. The van der Waals surface area contributed by atoms with E-state index in [-0.39, 0.29) is 5.56 Å². The van der Waals surface area contributed by atoms with Gasteiger partial charge in [0.05, 0.1) is 12.8 Å². The molecule has 98 valence electrons. The van der Waals surface area contributed by atoms with E-state index >= 15 is 0 Å². The topological polar surface area (TPSA) is 80.8 Å². The quantitative estimate of drug-likeness (QED) is 0.833. The number of hydrogen-bond donors (Lipinski definition) is 1. The number of ether oxygens (including phenoxy) is 1. The number of aromatic nitrogens is 4. The van der Waals surface area contributed by atoms with E-state index in [1.54, 1.807) is 12.1 Å². The average Bonchev–Trinajstić information content (AvgIpc) is 3.26. The highest BCUT2D eigenvalue weighted by Gasteiger charge is 2.29. The van der Waals surface area contributed by atoms with Gasteiger partial charge in [0.25, 0.3) is 5.56 Å². The van der Waals surface area contributed by atoms with Crippen molar-refractivity contribution >= 4 is 22.6 Å². The summed E-state index contributed by atoms with van der Waals surface area (Å²) in [6.07, 6.45) is 2.19. The molecule has 2 aromatic rings. The van der Waals surface area contributed by atoms with Crippen LogP contribution in [0.4, 0.5) is 0 Å². The Labute approximate surface area is 122 Å². The molecule has 3 rings (SSSR count). The highest BCUT2D eigenvalue weighted by molar-refractivity contribution is 14.1. The first-order chi connectivity index (χ1) is 9.19. The minimum atomic E-state index is -0.120. The molecule has 0 radical (unpaired) electrons. The number of aromatic amines is 1. The van der Waals surface area contributed by atoms with Crippen LogP contribution in [0.5, 0.6) is 5.88 Å². The molecule has 6 nitrogen and oxygen atoms in total. The summed E-state index contributed by atoms with van der Waals surface area (Å²) in [6, 6.07) is 3.42. The van der Waals surface area contributed by atoms with Crippen molar-refractivity contribution in [3.8, 4) is 17.4 Å². The number of nitrogens with zero attached hydrogens (tertiary/aromatic N) is 3. The lowest BCUT2D eigenvalue weighted by molar-refractivity contribution is 0.392. The van der Waals surface area contributed by atoms with Gasteiger partial charge in [-0.2, -0.15) is 0 Å². The minimum absolute atomic E-state index is 0.120. The van der Waals surface area contributed by atoms with Crippen molar-refractivity contribution in [1.82, 2.24) is 20.2 Å². The minimum Gasteiger partial charge on any atom is -0.480 e. The number of methoxy groups -OCH3 is 1. The lowest BCUT2D eigenvalue weighted by Crippen LogP contribution is -2.16. The van der Waals surface area contributed by atoms with E-state index in [2.05, 4.69) is 20.2 Å². The van der Waals surface area contributed by atoms with Crippen LogP contribution in [-0.2, 0) is 0 Å². The summed E-state index contributed by atoms with van der Waals surface area (Å²) in [7, 11) is 1.53. The maximum absolute atomic E-state index is 11.9. The normalized spacial score (nSPS) is 14.4. The third-order valence-electron chi connectivity index (χ3n) is 2.94. The molecule has 19 heavy (non-hydrogen) atoms. The molecule has 0 amide bonds. The molecule has 0 saturated heterocycles. The largest absolute Gasteiger partial charge is 0.480 e. The predicted molar refractivity (Wildman–Crippen MR) is 77.1 cm³/mol. The van der Waals surface area contributed by atoms with Crippen molar-refractivity contribution < 1.29 is 4.74 Å². The van der Waals surface area contributed by atoms with Crippen LogP contribution in [-0.4, -0.2) is 27.3 Å². The molecular weight excluding hydrogens is 359 g/mol. The molecule has 1 fully saturated rings. The van der Waals surface area contributed by atoms with Gasteiger partial charge in [-0.3, -0.25) is 4.79 Å². The molecule has 1 saturated carbocycles. The second-order valence-corrected chi connectivity index (χ2v) is 5.43. The van der Waals surface area contributed by atoms with Gasteiger partial charge >= 0.3 is 0 Å². The van der Waals surface area contributed by atoms with Crippen molar-refractivity contribution in [2.75, 3.05) is 7.11 Å². The second kappa shape index (κ2) is 4.87. The van der Waals surface area contributed by atoms with E-state index in [0.717, 1.165) is 18.5 Å². The van der Waals surface area contributed by atoms with Gasteiger partial charge in [0.15, 0.2) is 5.82 Å². The Bertz CT molecular complexity index is 664. The first-order valence-electron chi connectivity index (χ1n) is 5.87. The van der Waals surface area contributed by atoms with Crippen LogP contribution in [0.15, 0.2) is 16.9 Å². The van der Waals surface area contributed by atoms with Crippen LogP contribution in [0, 0.1) is 3.57 Å². The number of H-pyrrole nitrogens is 1. The van der Waals surface area contributed by atoms with Crippen molar-refractivity contribution in [1.29, 1.82) is 0 Å². The third-order valence-corrected chi connectivity index (χ3v) is 3.99. The summed E-state index contributed by atoms with van der Waals surface area (Å²) >= 11 is 2.05. The Morgan fingerprint density at radius 1 is 1.37 bits per heavy atom. The first kappa shape index (κ1) is 12.5. The summed E-state index contributed by atoms with van der Waals surface area (Å²) in [6.45, 7) is 0. The highest BCUT2D eigenvalue weighted by atomic mass is 127. The van der Waals surface area contributed by atoms with E-state index in [0.29, 0.717) is 26.9 Å². The molecule has 0 aliphatic heterocycles. The van der Waals surface area contributed by atoms with Crippen molar-refractivity contribution in [2.45, 2.75) is 18.8 Å². The van der Waals surface area contributed by atoms with Crippen molar-refractivity contribution in [3.63, 3.8) is 0 Å². The van der Waals surface area contributed by atoms with Crippen LogP contribution < -0.4 is 10.3 Å². The zero-order valence-electron chi connectivity index (χ0n) is 10.2. The van der Waals surface area contributed by atoms with Crippen LogP contribution in [0.2, 0.25) is 0 Å². The van der Waals surface area contributed by atoms with Crippen molar-refractivity contribution in [3.05, 3.63) is 31.8 Å². The lowest BCUT2D eigenvalue weighted by Gasteiger charge is -2.05. The van der Waals surface area contributed by atoms with Gasteiger partial charge in [-0.15, -0.1) is 10.2 Å². The zero-order valence-corrected chi connectivity index (χ0v) is 12.3. The molecule has 7 heteroatoms. The predicted octanol–water partition coefficient (Wildman–Crippen LogP) is 1.72. The van der Waals surface area contributed by atoms with Crippen LogP contribution >= 0.6 is 22.6 Å². The fraction of sp³-hybridized carbons (Fsp3) is 0.333. The zero-order chi connectivity index (χ0) is 13.4. The van der Waals surface area contributed by atoms with Gasteiger partial charge in [0, 0.05) is 12.0 Å². The van der Waals surface area contributed by atoms with Crippen LogP contribution in [0.25, 0.3) is 11.5 Å². The fourth-order valence-corrected chi connectivity index (χ4v) is 2.48. The van der Waals surface area contributed by atoms with Gasteiger partial charge in [-0.05, 0) is 41.5 Å². The summed E-state index contributed by atoms with van der Waals surface area (Å²) in [5, 5.41) is 7.88. The summed E-state index contributed by atoms with van der Waals surface area (Å²) in [5.74, 6) is 1.31. The van der Waals surface area contributed by atoms with Gasteiger partial charge in [0.1, 0.15) is 9.26 Å². The average molecular weight is 370 g/mol. The van der Waals surface area contributed by atoms with Crippen molar-refractivity contribution in [2.24, 2.45) is 0 Å². The SMILES string of the molecule is COc1ccc(-c2nc(C3CC3)c(I)c(=O)[nH]2)nn1.